The summed E-state index contributed by atoms with van der Waals surface area (Å²) in [5.41, 5.74) is 1.77. The van der Waals surface area contributed by atoms with Gasteiger partial charge in [-0.05, 0) is 54.8 Å². The number of ether oxygens (including phenoxy) is 1. The predicted octanol–water partition coefficient (Wildman–Crippen LogP) is 3.94. The highest BCUT2D eigenvalue weighted by Crippen LogP contribution is 2.22. The highest BCUT2D eigenvalue weighted by atomic mass is 35.5. The highest BCUT2D eigenvalue weighted by molar-refractivity contribution is 6.30. The summed E-state index contributed by atoms with van der Waals surface area (Å²) in [6.07, 6.45) is 2.41. The number of anilines is 1. The Morgan fingerprint density at radius 3 is 2.37 bits per heavy atom. The molecule has 1 fully saturated rings. The number of benzene rings is 2. The fraction of sp³-hybridized carbons (Fsp3) is 0.333. The van der Waals surface area contributed by atoms with Crippen molar-refractivity contribution < 1.29 is 14.3 Å². The summed E-state index contributed by atoms with van der Waals surface area (Å²) < 4.78 is 5.77. The van der Waals surface area contributed by atoms with Gasteiger partial charge in [-0.25, -0.2) is 0 Å². The van der Waals surface area contributed by atoms with Crippen LogP contribution in [0.3, 0.4) is 0 Å². The summed E-state index contributed by atoms with van der Waals surface area (Å²) >= 11 is 5.88. The molecule has 0 spiro atoms. The maximum atomic E-state index is 12.0. The Morgan fingerprint density at radius 1 is 1.11 bits per heavy atom. The van der Waals surface area contributed by atoms with Crippen LogP contribution >= 0.6 is 11.6 Å². The lowest BCUT2D eigenvalue weighted by atomic mass is 10.2. The molecule has 0 unspecified atom stereocenters. The van der Waals surface area contributed by atoms with Crippen LogP contribution in [0.4, 0.5) is 5.69 Å². The van der Waals surface area contributed by atoms with Crippen LogP contribution in [0.15, 0.2) is 48.5 Å². The minimum atomic E-state index is -0.0935. The van der Waals surface area contributed by atoms with E-state index in [2.05, 4.69) is 5.32 Å². The fourth-order valence-electron chi connectivity index (χ4n) is 2.68. The standard InChI is InChI=1S/C21H23ClN2O3/c1-15(25)24(13-12-21(26)23-18-6-7-18)19-8-10-20(11-9-19)27-14-16-2-4-17(22)5-3-16/h2-5,8-11,18H,6-7,12-14H2,1H3,(H,23,26). The molecule has 2 aromatic carbocycles. The van der Waals surface area contributed by atoms with Gasteiger partial charge in [0.15, 0.2) is 0 Å². The molecule has 142 valence electrons. The molecule has 1 aliphatic rings. The van der Waals surface area contributed by atoms with E-state index >= 15 is 0 Å². The zero-order valence-corrected chi connectivity index (χ0v) is 16.0. The first kappa shape index (κ1) is 19.2. The van der Waals surface area contributed by atoms with Gasteiger partial charge in [0.05, 0.1) is 0 Å². The van der Waals surface area contributed by atoms with Crippen molar-refractivity contribution in [1.82, 2.24) is 5.32 Å². The van der Waals surface area contributed by atoms with Gasteiger partial charge in [-0.15, -0.1) is 0 Å². The molecule has 6 heteroatoms. The molecule has 3 rings (SSSR count). The molecule has 0 saturated heterocycles. The molecule has 2 amide bonds. The van der Waals surface area contributed by atoms with Crippen molar-refractivity contribution in [3.63, 3.8) is 0 Å². The molecule has 0 radical (unpaired) electrons. The lowest BCUT2D eigenvalue weighted by Crippen LogP contribution is -2.34. The average molecular weight is 387 g/mol. The first-order chi connectivity index (χ1) is 13.0. The largest absolute Gasteiger partial charge is 0.489 e. The summed E-state index contributed by atoms with van der Waals surface area (Å²) in [5.74, 6) is 0.611. The molecule has 0 aromatic heterocycles. The lowest BCUT2D eigenvalue weighted by Gasteiger charge is -2.21. The normalized spacial score (nSPS) is 13.1. The van der Waals surface area contributed by atoms with Crippen molar-refractivity contribution in [2.45, 2.75) is 38.8 Å². The Hall–Kier alpha value is -2.53. The number of halogens is 1. The third kappa shape index (κ3) is 6.00. The molecule has 0 aliphatic heterocycles. The Bertz CT molecular complexity index is 786. The number of carbonyl (C=O) groups excluding carboxylic acids is 2. The van der Waals surface area contributed by atoms with Crippen molar-refractivity contribution in [2.24, 2.45) is 0 Å². The Labute approximate surface area is 164 Å². The van der Waals surface area contributed by atoms with Gasteiger partial charge < -0.3 is 15.0 Å². The van der Waals surface area contributed by atoms with Crippen LogP contribution in [0.5, 0.6) is 5.75 Å². The number of carbonyl (C=O) groups is 2. The summed E-state index contributed by atoms with van der Waals surface area (Å²) in [5, 5.41) is 3.63. The highest BCUT2D eigenvalue weighted by Gasteiger charge is 2.23. The SMILES string of the molecule is CC(=O)N(CCC(=O)NC1CC1)c1ccc(OCc2ccc(Cl)cc2)cc1. The third-order valence-corrected chi connectivity index (χ3v) is 4.60. The van der Waals surface area contributed by atoms with Gasteiger partial charge in [0, 0.05) is 36.6 Å². The van der Waals surface area contributed by atoms with Gasteiger partial charge in [0.25, 0.3) is 0 Å². The van der Waals surface area contributed by atoms with Gasteiger partial charge >= 0.3 is 0 Å². The van der Waals surface area contributed by atoms with Crippen molar-refractivity contribution in [2.75, 3.05) is 11.4 Å². The minimum absolute atomic E-state index is 0.00771. The smallest absolute Gasteiger partial charge is 0.223 e. The number of nitrogens with one attached hydrogen (secondary N) is 1. The molecule has 2 aromatic rings. The number of hydrogen-bond acceptors (Lipinski definition) is 3. The van der Waals surface area contributed by atoms with Crippen LogP contribution in [0, 0.1) is 0 Å². The molecule has 1 aliphatic carbocycles. The minimum Gasteiger partial charge on any atom is -0.489 e. The molecule has 5 nitrogen and oxygen atoms in total. The van der Waals surface area contributed by atoms with Crippen LogP contribution in [-0.4, -0.2) is 24.4 Å². The Balaban J connectivity index is 1.54. The summed E-state index contributed by atoms with van der Waals surface area (Å²) in [6.45, 7) is 2.30. The third-order valence-electron chi connectivity index (χ3n) is 4.35. The molecular weight excluding hydrogens is 364 g/mol. The first-order valence-electron chi connectivity index (χ1n) is 9.06. The quantitative estimate of drug-likeness (QED) is 0.747. The second-order valence-electron chi connectivity index (χ2n) is 6.67. The van der Waals surface area contributed by atoms with Gasteiger partial charge in [-0.3, -0.25) is 9.59 Å². The fourth-order valence-corrected chi connectivity index (χ4v) is 2.80. The second kappa shape index (κ2) is 8.91. The molecule has 1 saturated carbocycles. The van der Waals surface area contributed by atoms with E-state index in [0.717, 1.165) is 24.1 Å². The number of hydrogen-bond donors (Lipinski definition) is 1. The molecule has 0 bridgehead atoms. The van der Waals surface area contributed by atoms with Crippen LogP contribution in [0.2, 0.25) is 5.02 Å². The molecular formula is C21H23ClN2O3. The van der Waals surface area contributed by atoms with Gasteiger partial charge in [0.2, 0.25) is 11.8 Å². The summed E-state index contributed by atoms with van der Waals surface area (Å²) in [4.78, 5) is 25.4. The van der Waals surface area contributed by atoms with Crippen molar-refractivity contribution in [1.29, 1.82) is 0 Å². The lowest BCUT2D eigenvalue weighted by molar-refractivity contribution is -0.121. The second-order valence-corrected chi connectivity index (χ2v) is 7.11. The van der Waals surface area contributed by atoms with E-state index in [0.29, 0.717) is 36.4 Å². The first-order valence-corrected chi connectivity index (χ1v) is 9.44. The summed E-state index contributed by atoms with van der Waals surface area (Å²) in [6, 6.07) is 15.1. The monoisotopic (exact) mass is 386 g/mol. The van der Waals surface area contributed by atoms with Crippen LogP contribution in [0.25, 0.3) is 0 Å². The molecule has 27 heavy (non-hydrogen) atoms. The van der Waals surface area contributed by atoms with Crippen LogP contribution in [0.1, 0.15) is 31.7 Å². The van der Waals surface area contributed by atoms with E-state index in [4.69, 9.17) is 16.3 Å². The number of nitrogens with zero attached hydrogens (tertiary/aromatic N) is 1. The maximum absolute atomic E-state index is 12.0. The molecule has 0 atom stereocenters. The maximum Gasteiger partial charge on any atom is 0.223 e. The van der Waals surface area contributed by atoms with E-state index in [1.165, 1.54) is 6.92 Å². The van der Waals surface area contributed by atoms with E-state index in [9.17, 15) is 9.59 Å². The summed E-state index contributed by atoms with van der Waals surface area (Å²) in [7, 11) is 0. The zero-order valence-electron chi connectivity index (χ0n) is 15.3. The Kier molecular flexibility index (Phi) is 6.35. The Morgan fingerprint density at radius 2 is 1.78 bits per heavy atom. The molecule has 1 N–H and O–H groups in total. The number of rotatable bonds is 8. The zero-order chi connectivity index (χ0) is 19.2. The van der Waals surface area contributed by atoms with E-state index in [-0.39, 0.29) is 11.8 Å². The van der Waals surface area contributed by atoms with Crippen molar-refractivity contribution in [3.8, 4) is 5.75 Å². The average Bonchev–Trinajstić information content (AvgIpc) is 3.46. The molecule has 0 heterocycles. The topological polar surface area (TPSA) is 58.6 Å². The van der Waals surface area contributed by atoms with Crippen molar-refractivity contribution in [3.05, 3.63) is 59.1 Å². The van der Waals surface area contributed by atoms with E-state index in [1.54, 1.807) is 4.90 Å². The van der Waals surface area contributed by atoms with E-state index in [1.807, 2.05) is 48.5 Å². The van der Waals surface area contributed by atoms with Gasteiger partial charge in [0.1, 0.15) is 12.4 Å². The van der Waals surface area contributed by atoms with Crippen LogP contribution in [-0.2, 0) is 16.2 Å². The predicted molar refractivity (Wildman–Crippen MR) is 106 cm³/mol. The number of amides is 2. The van der Waals surface area contributed by atoms with Crippen LogP contribution < -0.4 is 15.0 Å². The van der Waals surface area contributed by atoms with E-state index < -0.39 is 0 Å². The van der Waals surface area contributed by atoms with Gasteiger partial charge in [-0.1, -0.05) is 23.7 Å². The van der Waals surface area contributed by atoms with Crippen molar-refractivity contribution >= 4 is 29.1 Å². The van der Waals surface area contributed by atoms with Gasteiger partial charge in [-0.2, -0.15) is 0 Å².